The first kappa shape index (κ1) is 15.0. The van der Waals surface area contributed by atoms with Crippen molar-refractivity contribution < 1.29 is 19.1 Å². The number of rotatable bonds is 7. The molecule has 0 bridgehead atoms. The quantitative estimate of drug-likeness (QED) is 0.530. The zero-order chi connectivity index (χ0) is 15.1. The summed E-state index contributed by atoms with van der Waals surface area (Å²) in [6, 6.07) is 0. The van der Waals surface area contributed by atoms with Crippen LogP contribution >= 0.6 is 0 Å². The lowest BCUT2D eigenvalue weighted by Gasteiger charge is -2.13. The van der Waals surface area contributed by atoms with Gasteiger partial charge in [0.05, 0.1) is 26.0 Å². The van der Waals surface area contributed by atoms with Gasteiger partial charge in [-0.05, 0) is 0 Å². The number of nitrogens with zero attached hydrogens (tertiary/aromatic N) is 3. The van der Waals surface area contributed by atoms with Gasteiger partial charge in [0.1, 0.15) is 5.69 Å². The topological polar surface area (TPSA) is 101 Å². The Balaban J connectivity index is 1.57. The SMILES string of the molecule is O=C(NCCOCCN1C(=O)CCC1=O)c1cnccn1. The van der Waals surface area contributed by atoms with Crippen LogP contribution < -0.4 is 5.32 Å². The van der Waals surface area contributed by atoms with Crippen LogP contribution in [-0.4, -0.2) is 58.9 Å². The lowest BCUT2D eigenvalue weighted by atomic mass is 10.4. The average Bonchev–Trinajstić information content (AvgIpc) is 2.82. The summed E-state index contributed by atoms with van der Waals surface area (Å²) in [5.41, 5.74) is 0.241. The third-order valence-electron chi connectivity index (χ3n) is 2.94. The second-order valence-corrected chi connectivity index (χ2v) is 4.40. The molecule has 8 nitrogen and oxygen atoms in total. The van der Waals surface area contributed by atoms with Crippen LogP contribution in [-0.2, 0) is 14.3 Å². The van der Waals surface area contributed by atoms with Gasteiger partial charge in [-0.1, -0.05) is 0 Å². The highest BCUT2D eigenvalue weighted by molar-refractivity contribution is 6.01. The van der Waals surface area contributed by atoms with Crippen molar-refractivity contribution in [1.29, 1.82) is 0 Å². The molecular weight excluding hydrogens is 276 g/mol. The molecule has 1 aromatic heterocycles. The Labute approximate surface area is 121 Å². The molecule has 21 heavy (non-hydrogen) atoms. The number of nitrogens with one attached hydrogen (secondary N) is 1. The molecule has 112 valence electrons. The monoisotopic (exact) mass is 292 g/mol. The number of ether oxygens (including phenoxy) is 1. The van der Waals surface area contributed by atoms with Gasteiger partial charge < -0.3 is 10.1 Å². The summed E-state index contributed by atoms with van der Waals surface area (Å²) in [5.74, 6) is -0.629. The predicted octanol–water partition coefficient (Wildman–Crippen LogP) is -0.628. The normalized spacial score (nSPS) is 14.6. The van der Waals surface area contributed by atoms with Crippen molar-refractivity contribution in [3.8, 4) is 0 Å². The van der Waals surface area contributed by atoms with Crippen molar-refractivity contribution in [2.75, 3.05) is 26.3 Å². The summed E-state index contributed by atoms with van der Waals surface area (Å²) < 4.78 is 5.28. The van der Waals surface area contributed by atoms with E-state index in [-0.39, 0.29) is 49.4 Å². The van der Waals surface area contributed by atoms with Crippen molar-refractivity contribution in [2.24, 2.45) is 0 Å². The predicted molar refractivity (Wildman–Crippen MR) is 71.1 cm³/mol. The molecule has 8 heteroatoms. The smallest absolute Gasteiger partial charge is 0.271 e. The average molecular weight is 292 g/mol. The number of carbonyl (C=O) groups is 3. The molecular formula is C13H16N4O4. The van der Waals surface area contributed by atoms with Crippen LogP contribution in [0.3, 0.4) is 0 Å². The number of carbonyl (C=O) groups excluding carboxylic acids is 3. The number of aromatic nitrogens is 2. The Bertz CT molecular complexity index is 504. The Morgan fingerprint density at radius 1 is 1.24 bits per heavy atom. The third-order valence-corrected chi connectivity index (χ3v) is 2.94. The summed E-state index contributed by atoms with van der Waals surface area (Å²) in [5, 5.41) is 2.63. The van der Waals surface area contributed by atoms with Crippen LogP contribution in [0.4, 0.5) is 0 Å². The maximum atomic E-state index is 11.6. The van der Waals surface area contributed by atoms with Crippen LogP contribution in [0, 0.1) is 0 Å². The van der Waals surface area contributed by atoms with Gasteiger partial charge in [0.25, 0.3) is 5.91 Å². The standard InChI is InChI=1S/C13H16N4O4/c18-11-1-2-12(19)17(11)6-8-21-7-5-16-13(20)10-9-14-3-4-15-10/h3-4,9H,1-2,5-8H2,(H,16,20). The Morgan fingerprint density at radius 2 is 2.00 bits per heavy atom. The van der Waals surface area contributed by atoms with E-state index in [4.69, 9.17) is 4.74 Å². The fourth-order valence-corrected chi connectivity index (χ4v) is 1.87. The molecule has 2 rings (SSSR count). The van der Waals surface area contributed by atoms with E-state index in [1.54, 1.807) is 0 Å². The molecule has 0 aliphatic carbocycles. The first-order valence-corrected chi connectivity index (χ1v) is 6.63. The highest BCUT2D eigenvalue weighted by Crippen LogP contribution is 2.10. The number of imide groups is 1. The molecule has 0 spiro atoms. The summed E-state index contributed by atoms with van der Waals surface area (Å²) >= 11 is 0. The molecule has 0 saturated carbocycles. The van der Waals surface area contributed by atoms with E-state index < -0.39 is 0 Å². The summed E-state index contributed by atoms with van der Waals surface area (Å²) in [6.45, 7) is 1.13. The molecule has 0 unspecified atom stereocenters. The van der Waals surface area contributed by atoms with Gasteiger partial charge in [0.15, 0.2) is 0 Å². The van der Waals surface area contributed by atoms with Crippen LogP contribution in [0.1, 0.15) is 23.3 Å². The van der Waals surface area contributed by atoms with Gasteiger partial charge in [-0.3, -0.25) is 24.3 Å². The first-order chi connectivity index (χ1) is 10.2. The van der Waals surface area contributed by atoms with Crippen molar-refractivity contribution in [3.63, 3.8) is 0 Å². The van der Waals surface area contributed by atoms with Crippen molar-refractivity contribution in [3.05, 3.63) is 24.3 Å². The molecule has 1 aromatic rings. The summed E-state index contributed by atoms with van der Waals surface area (Å²) in [7, 11) is 0. The van der Waals surface area contributed by atoms with E-state index >= 15 is 0 Å². The first-order valence-electron chi connectivity index (χ1n) is 6.63. The minimum absolute atomic E-state index is 0.153. The molecule has 1 fully saturated rings. The molecule has 3 amide bonds. The number of hydrogen-bond acceptors (Lipinski definition) is 6. The van der Waals surface area contributed by atoms with Crippen LogP contribution in [0.25, 0.3) is 0 Å². The molecule has 1 aliphatic rings. The van der Waals surface area contributed by atoms with Gasteiger partial charge in [-0.2, -0.15) is 0 Å². The zero-order valence-electron chi connectivity index (χ0n) is 11.4. The lowest BCUT2D eigenvalue weighted by molar-refractivity contribution is -0.139. The maximum absolute atomic E-state index is 11.6. The van der Waals surface area contributed by atoms with Gasteiger partial charge in [-0.15, -0.1) is 0 Å². The third kappa shape index (κ3) is 4.32. The summed E-state index contributed by atoms with van der Waals surface area (Å²) in [4.78, 5) is 43.1. The minimum atomic E-state index is -0.323. The fourth-order valence-electron chi connectivity index (χ4n) is 1.87. The Kier molecular flexibility index (Phi) is 5.33. The lowest BCUT2D eigenvalue weighted by Crippen LogP contribution is -2.33. The number of amides is 3. The van der Waals surface area contributed by atoms with Gasteiger partial charge in [0, 0.05) is 31.8 Å². The van der Waals surface area contributed by atoms with E-state index in [0.717, 1.165) is 0 Å². The van der Waals surface area contributed by atoms with Gasteiger partial charge >= 0.3 is 0 Å². The molecule has 1 saturated heterocycles. The largest absolute Gasteiger partial charge is 0.378 e. The zero-order valence-corrected chi connectivity index (χ0v) is 11.4. The van der Waals surface area contributed by atoms with Crippen molar-refractivity contribution >= 4 is 17.7 Å². The van der Waals surface area contributed by atoms with Gasteiger partial charge in [0.2, 0.25) is 11.8 Å². The summed E-state index contributed by atoms with van der Waals surface area (Å²) in [6.07, 6.45) is 4.87. The highest BCUT2D eigenvalue weighted by Gasteiger charge is 2.28. The van der Waals surface area contributed by atoms with E-state index in [2.05, 4.69) is 15.3 Å². The van der Waals surface area contributed by atoms with Crippen LogP contribution in [0.5, 0.6) is 0 Å². The van der Waals surface area contributed by atoms with E-state index in [1.807, 2.05) is 0 Å². The van der Waals surface area contributed by atoms with E-state index in [1.165, 1.54) is 23.5 Å². The molecule has 1 N–H and O–H groups in total. The molecule has 1 aliphatic heterocycles. The fraction of sp³-hybridized carbons (Fsp3) is 0.462. The second-order valence-electron chi connectivity index (χ2n) is 4.40. The van der Waals surface area contributed by atoms with Gasteiger partial charge in [-0.25, -0.2) is 4.98 Å². The maximum Gasteiger partial charge on any atom is 0.271 e. The minimum Gasteiger partial charge on any atom is -0.378 e. The molecule has 0 aromatic carbocycles. The van der Waals surface area contributed by atoms with Crippen molar-refractivity contribution in [1.82, 2.24) is 20.2 Å². The second kappa shape index (κ2) is 7.44. The van der Waals surface area contributed by atoms with Crippen molar-refractivity contribution in [2.45, 2.75) is 12.8 Å². The Morgan fingerprint density at radius 3 is 2.67 bits per heavy atom. The number of likely N-dealkylation sites (tertiary alicyclic amines) is 1. The van der Waals surface area contributed by atoms with E-state index in [0.29, 0.717) is 13.2 Å². The molecule has 0 radical (unpaired) electrons. The molecule has 0 atom stereocenters. The van der Waals surface area contributed by atoms with Crippen LogP contribution in [0.15, 0.2) is 18.6 Å². The van der Waals surface area contributed by atoms with Crippen LogP contribution in [0.2, 0.25) is 0 Å². The van der Waals surface area contributed by atoms with E-state index in [9.17, 15) is 14.4 Å². The highest BCUT2D eigenvalue weighted by atomic mass is 16.5. The molecule has 2 heterocycles. The Hall–Kier alpha value is -2.35. The number of hydrogen-bond donors (Lipinski definition) is 1.